The number of H-pyrrole nitrogens is 1. The fourth-order valence-electron chi connectivity index (χ4n) is 2.75. The number of aliphatic hydroxyl groups excluding tert-OH is 1. The van der Waals surface area contributed by atoms with Crippen LogP contribution in [0.2, 0.25) is 0 Å². The van der Waals surface area contributed by atoms with E-state index in [4.69, 9.17) is 15.9 Å². The number of para-hydroxylation sites is 1. The van der Waals surface area contributed by atoms with Crippen LogP contribution in [0.3, 0.4) is 0 Å². The summed E-state index contributed by atoms with van der Waals surface area (Å²) < 4.78 is 0. The molecule has 0 aliphatic rings. The molecule has 1 aromatic carbocycles. The van der Waals surface area contributed by atoms with Crippen LogP contribution in [-0.4, -0.2) is 70.2 Å². The summed E-state index contributed by atoms with van der Waals surface area (Å²) >= 11 is 0. The van der Waals surface area contributed by atoms with E-state index in [0.29, 0.717) is 0 Å². The van der Waals surface area contributed by atoms with Crippen LogP contribution < -0.4 is 21.7 Å². The van der Waals surface area contributed by atoms with Gasteiger partial charge in [0.25, 0.3) is 0 Å². The zero-order chi connectivity index (χ0) is 22.3. The Morgan fingerprint density at radius 3 is 2.43 bits per heavy atom. The highest BCUT2D eigenvalue weighted by Gasteiger charge is 2.25. The summed E-state index contributed by atoms with van der Waals surface area (Å²) in [6, 6.07) is 4.13. The molecule has 2 rings (SSSR count). The van der Waals surface area contributed by atoms with E-state index in [1.165, 1.54) is 6.92 Å². The smallest absolute Gasteiger partial charge is 0.328 e. The lowest BCUT2D eigenvalue weighted by atomic mass is 10.0. The van der Waals surface area contributed by atoms with Crippen molar-refractivity contribution in [1.82, 2.24) is 20.9 Å². The molecule has 0 aliphatic heterocycles. The largest absolute Gasteiger partial charge is 0.480 e. The van der Waals surface area contributed by atoms with Crippen LogP contribution in [0.15, 0.2) is 30.5 Å². The molecule has 0 radical (unpaired) electrons. The van der Waals surface area contributed by atoms with Crippen molar-refractivity contribution in [2.75, 3.05) is 13.2 Å². The van der Waals surface area contributed by atoms with Crippen molar-refractivity contribution < 1.29 is 29.4 Å². The summed E-state index contributed by atoms with van der Waals surface area (Å²) in [5.41, 5.74) is 7.23. The van der Waals surface area contributed by atoms with E-state index in [2.05, 4.69) is 20.9 Å². The van der Waals surface area contributed by atoms with Gasteiger partial charge in [-0.2, -0.15) is 0 Å². The molecule has 0 aliphatic carbocycles. The normalized spacial score (nSPS) is 13.8. The number of nitrogens with one attached hydrogen (secondary N) is 4. The van der Waals surface area contributed by atoms with Crippen molar-refractivity contribution in [3.8, 4) is 0 Å². The van der Waals surface area contributed by atoms with Gasteiger partial charge in [-0.05, 0) is 18.6 Å². The summed E-state index contributed by atoms with van der Waals surface area (Å²) in [6.45, 7) is 0.161. The molecule has 0 saturated carbocycles. The molecule has 0 bridgehead atoms. The average molecular weight is 419 g/mol. The Kier molecular flexibility index (Phi) is 7.90. The number of nitrogens with two attached hydrogens (primary N) is 1. The van der Waals surface area contributed by atoms with Gasteiger partial charge in [-0.25, -0.2) is 4.79 Å². The third-order valence-corrected chi connectivity index (χ3v) is 4.38. The fourth-order valence-corrected chi connectivity index (χ4v) is 2.75. The van der Waals surface area contributed by atoms with Crippen molar-refractivity contribution in [3.63, 3.8) is 0 Å². The Hall–Kier alpha value is -3.44. The first-order chi connectivity index (χ1) is 14.2. The zero-order valence-corrected chi connectivity index (χ0v) is 16.3. The lowest BCUT2D eigenvalue weighted by Gasteiger charge is -2.20. The number of hydrogen-bond donors (Lipinski definition) is 7. The van der Waals surface area contributed by atoms with Gasteiger partial charge in [0.1, 0.15) is 12.1 Å². The molecule has 30 heavy (non-hydrogen) atoms. The van der Waals surface area contributed by atoms with E-state index in [1.807, 2.05) is 24.3 Å². The van der Waals surface area contributed by atoms with Crippen LogP contribution >= 0.6 is 0 Å². The van der Waals surface area contributed by atoms with Gasteiger partial charge in [-0.15, -0.1) is 0 Å². The maximum absolute atomic E-state index is 12.6. The second-order valence-corrected chi connectivity index (χ2v) is 6.77. The van der Waals surface area contributed by atoms with Gasteiger partial charge in [-0.3, -0.25) is 14.4 Å². The van der Waals surface area contributed by atoms with Gasteiger partial charge in [-0.1, -0.05) is 18.2 Å². The molecule has 11 heteroatoms. The molecule has 0 saturated heterocycles. The number of carboxylic acid groups (broad SMARTS) is 1. The first-order valence-corrected chi connectivity index (χ1v) is 9.24. The predicted octanol–water partition coefficient (Wildman–Crippen LogP) is -1.78. The van der Waals surface area contributed by atoms with Gasteiger partial charge in [0.2, 0.25) is 17.7 Å². The Morgan fingerprint density at radius 1 is 1.10 bits per heavy atom. The number of aliphatic hydroxyl groups is 1. The molecular formula is C19H25N5O6. The molecule has 2 aromatic rings. The zero-order valence-electron chi connectivity index (χ0n) is 16.3. The van der Waals surface area contributed by atoms with Gasteiger partial charge in [0.15, 0.2) is 0 Å². The van der Waals surface area contributed by atoms with E-state index >= 15 is 0 Å². The van der Waals surface area contributed by atoms with E-state index in [1.54, 1.807) is 6.20 Å². The maximum Gasteiger partial charge on any atom is 0.328 e. The number of fused-ring (bicyclic) bond motifs is 1. The van der Waals surface area contributed by atoms with Crippen LogP contribution in [0.1, 0.15) is 12.5 Å². The van der Waals surface area contributed by atoms with Gasteiger partial charge < -0.3 is 36.9 Å². The van der Waals surface area contributed by atoms with Crippen LogP contribution in [0.4, 0.5) is 0 Å². The number of aliphatic carboxylic acids is 1. The molecule has 11 nitrogen and oxygen atoms in total. The average Bonchev–Trinajstić information content (AvgIpc) is 3.12. The van der Waals surface area contributed by atoms with Gasteiger partial charge >= 0.3 is 5.97 Å². The Labute approximate surface area is 172 Å². The van der Waals surface area contributed by atoms with Crippen molar-refractivity contribution >= 4 is 34.6 Å². The summed E-state index contributed by atoms with van der Waals surface area (Å²) in [5, 5.41) is 25.7. The number of aromatic amines is 1. The molecule has 3 atom stereocenters. The molecular weight excluding hydrogens is 394 g/mol. The summed E-state index contributed by atoms with van der Waals surface area (Å²) in [4.78, 5) is 50.5. The van der Waals surface area contributed by atoms with Crippen molar-refractivity contribution in [2.45, 2.75) is 31.5 Å². The SMILES string of the molecule is CC(N)C(=O)NC(Cc1c[nH]c2ccccc12)C(=O)NCC(=O)NC(CO)C(=O)O. The number of carbonyl (C=O) groups excluding carboxylic acids is 3. The van der Waals surface area contributed by atoms with E-state index in [9.17, 15) is 19.2 Å². The monoisotopic (exact) mass is 419 g/mol. The van der Waals surface area contributed by atoms with Crippen LogP contribution in [0, 0.1) is 0 Å². The van der Waals surface area contributed by atoms with E-state index in [0.717, 1.165) is 16.5 Å². The third kappa shape index (κ3) is 6.03. The Balaban J connectivity index is 2.08. The van der Waals surface area contributed by atoms with Crippen molar-refractivity contribution in [3.05, 3.63) is 36.0 Å². The van der Waals surface area contributed by atoms with Gasteiger partial charge in [0.05, 0.1) is 19.2 Å². The highest BCUT2D eigenvalue weighted by molar-refractivity contribution is 5.93. The quantitative estimate of drug-likeness (QED) is 0.237. The minimum Gasteiger partial charge on any atom is -0.480 e. The topological polar surface area (TPSA) is 187 Å². The number of amides is 3. The van der Waals surface area contributed by atoms with Crippen LogP contribution in [-0.2, 0) is 25.6 Å². The van der Waals surface area contributed by atoms with Crippen molar-refractivity contribution in [2.24, 2.45) is 5.73 Å². The first kappa shape index (κ1) is 22.8. The lowest BCUT2D eigenvalue weighted by molar-refractivity contribution is -0.142. The number of aromatic nitrogens is 1. The summed E-state index contributed by atoms with van der Waals surface area (Å²) in [7, 11) is 0. The molecule has 1 heterocycles. The van der Waals surface area contributed by atoms with Crippen LogP contribution in [0.5, 0.6) is 0 Å². The molecule has 0 spiro atoms. The number of rotatable bonds is 10. The van der Waals surface area contributed by atoms with Gasteiger partial charge in [0, 0.05) is 23.5 Å². The molecule has 162 valence electrons. The Bertz CT molecular complexity index is 925. The third-order valence-electron chi connectivity index (χ3n) is 4.38. The standard InChI is InChI=1S/C19H25N5O6/c1-10(20)17(27)24-14(6-11-7-21-13-5-3-2-4-12(11)13)18(28)22-8-16(26)23-15(9-25)19(29)30/h2-5,7,10,14-15,21,25H,6,8-9,20H2,1H3,(H,22,28)(H,23,26)(H,24,27)(H,29,30). The summed E-state index contributed by atoms with van der Waals surface area (Å²) in [5.74, 6) is -3.38. The number of carboxylic acids is 1. The van der Waals surface area contributed by atoms with E-state index in [-0.39, 0.29) is 6.42 Å². The lowest BCUT2D eigenvalue weighted by Crippen LogP contribution is -2.54. The predicted molar refractivity (Wildman–Crippen MR) is 107 cm³/mol. The number of carbonyl (C=O) groups is 4. The van der Waals surface area contributed by atoms with Crippen molar-refractivity contribution in [1.29, 1.82) is 0 Å². The molecule has 0 fully saturated rings. The highest BCUT2D eigenvalue weighted by Crippen LogP contribution is 2.19. The molecule has 8 N–H and O–H groups in total. The Morgan fingerprint density at radius 2 is 1.80 bits per heavy atom. The van der Waals surface area contributed by atoms with E-state index < -0.39 is 55.0 Å². The molecule has 3 unspecified atom stereocenters. The minimum atomic E-state index is -1.48. The fraction of sp³-hybridized carbons (Fsp3) is 0.368. The second-order valence-electron chi connectivity index (χ2n) is 6.77. The highest BCUT2D eigenvalue weighted by atomic mass is 16.4. The summed E-state index contributed by atoms with van der Waals surface area (Å²) in [6.07, 6.45) is 1.87. The second kappa shape index (κ2) is 10.4. The minimum absolute atomic E-state index is 0.143. The first-order valence-electron chi connectivity index (χ1n) is 9.24. The number of benzene rings is 1. The maximum atomic E-state index is 12.6. The number of hydrogen-bond acceptors (Lipinski definition) is 6. The van der Waals surface area contributed by atoms with Crippen LogP contribution in [0.25, 0.3) is 10.9 Å². The molecule has 1 aromatic heterocycles. The molecule has 3 amide bonds.